The van der Waals surface area contributed by atoms with Crippen LogP contribution >= 0.6 is 0 Å². The minimum absolute atomic E-state index is 0.0200. The fourth-order valence-corrected chi connectivity index (χ4v) is 4.25. The molecule has 7 nitrogen and oxygen atoms in total. The van der Waals surface area contributed by atoms with Crippen molar-refractivity contribution in [3.05, 3.63) is 94.5 Å². The number of hydrogen-bond donors (Lipinski definition) is 2. The van der Waals surface area contributed by atoms with E-state index >= 15 is 0 Å². The van der Waals surface area contributed by atoms with Crippen molar-refractivity contribution in [2.75, 3.05) is 21.2 Å². The van der Waals surface area contributed by atoms with Crippen LogP contribution in [0.5, 0.6) is 5.88 Å². The Morgan fingerprint density at radius 1 is 0.946 bits per heavy atom. The number of carbonyl (C=O) groups is 2. The maximum absolute atomic E-state index is 12.1. The Hall–Kier alpha value is -4.23. The van der Waals surface area contributed by atoms with E-state index in [4.69, 9.17) is 9.73 Å². The highest BCUT2D eigenvalue weighted by Crippen LogP contribution is 2.32. The van der Waals surface area contributed by atoms with E-state index in [0.29, 0.717) is 40.6 Å². The molecule has 1 heterocycles. The highest BCUT2D eigenvalue weighted by Gasteiger charge is 2.20. The van der Waals surface area contributed by atoms with Gasteiger partial charge in [0, 0.05) is 35.0 Å². The highest BCUT2D eigenvalue weighted by molar-refractivity contribution is 6.22. The number of benzene rings is 3. The maximum Gasteiger partial charge on any atom is 0.305 e. The summed E-state index contributed by atoms with van der Waals surface area (Å²) < 4.78 is 4.74. The van der Waals surface area contributed by atoms with Crippen molar-refractivity contribution in [1.29, 1.82) is 0 Å². The smallest absolute Gasteiger partial charge is 0.305 e. The number of Topliss-reactive ketones (excluding diaryl/α,β-unsaturated/α-hetero) is 1. The number of aromatic hydroxyl groups is 1. The molecular formula is C30H31N3O4. The Morgan fingerprint density at radius 2 is 1.59 bits per heavy atom. The zero-order valence-electron chi connectivity index (χ0n) is 21.5. The van der Waals surface area contributed by atoms with Crippen LogP contribution in [0.25, 0.3) is 10.9 Å². The quantitative estimate of drug-likeness (QED) is 0.183. The molecule has 0 aliphatic carbocycles. The minimum Gasteiger partial charge on any atom is -0.494 e. The molecule has 4 aromatic rings. The fraction of sp³-hybridized carbons (Fsp3) is 0.233. The van der Waals surface area contributed by atoms with Gasteiger partial charge in [-0.05, 0) is 68.9 Å². The van der Waals surface area contributed by atoms with E-state index in [1.807, 2.05) is 62.6 Å². The SMILES string of the molecule is COC(=O)CCc1ccc(C(=Nc2ccc(CN(C)C)cc2)c2c(O)[nH]c3ccc(C(C)=O)cc23)cc1. The second-order valence-corrected chi connectivity index (χ2v) is 9.30. The number of aliphatic imine (C=N–C) groups is 1. The molecule has 0 unspecified atom stereocenters. The molecule has 7 heteroatoms. The average Bonchev–Trinajstić information content (AvgIpc) is 3.21. The molecule has 0 saturated carbocycles. The molecule has 0 aliphatic rings. The Morgan fingerprint density at radius 3 is 2.22 bits per heavy atom. The molecule has 0 aliphatic heterocycles. The van der Waals surface area contributed by atoms with Gasteiger partial charge in [0.25, 0.3) is 0 Å². The van der Waals surface area contributed by atoms with Crippen LogP contribution in [0.1, 0.15) is 46.0 Å². The minimum atomic E-state index is -0.256. The number of ether oxygens (including phenoxy) is 1. The summed E-state index contributed by atoms with van der Waals surface area (Å²) in [6.07, 6.45) is 0.861. The van der Waals surface area contributed by atoms with Crippen LogP contribution in [0.2, 0.25) is 0 Å². The zero-order chi connectivity index (χ0) is 26.5. The summed E-state index contributed by atoms with van der Waals surface area (Å²) in [7, 11) is 5.43. The fourth-order valence-electron chi connectivity index (χ4n) is 4.25. The first kappa shape index (κ1) is 25.9. The Bertz CT molecular complexity index is 1450. The van der Waals surface area contributed by atoms with Crippen molar-refractivity contribution in [2.24, 2.45) is 4.99 Å². The molecule has 2 N–H and O–H groups in total. The van der Waals surface area contributed by atoms with Crippen molar-refractivity contribution in [3.63, 3.8) is 0 Å². The van der Waals surface area contributed by atoms with Gasteiger partial charge in [-0.1, -0.05) is 36.4 Å². The van der Waals surface area contributed by atoms with Crippen molar-refractivity contribution in [3.8, 4) is 5.88 Å². The molecule has 1 aromatic heterocycles. The Labute approximate surface area is 216 Å². The van der Waals surface area contributed by atoms with Gasteiger partial charge in [-0.2, -0.15) is 0 Å². The number of fused-ring (bicyclic) bond motifs is 1. The van der Waals surface area contributed by atoms with Gasteiger partial charge in [-0.3, -0.25) is 9.59 Å². The summed E-state index contributed by atoms with van der Waals surface area (Å²) in [5.41, 5.74) is 6.05. The van der Waals surface area contributed by atoms with E-state index in [0.717, 1.165) is 23.4 Å². The predicted molar refractivity (Wildman–Crippen MR) is 146 cm³/mol. The van der Waals surface area contributed by atoms with E-state index < -0.39 is 0 Å². The monoisotopic (exact) mass is 497 g/mol. The standard InChI is InChI=1S/C30H31N3O4/c1-19(34)23-12-15-26-25(17-23)28(30(36)32-26)29(31-24-13-7-21(8-14-24)18-33(2)3)22-10-5-20(6-11-22)9-16-27(35)37-4/h5-8,10-15,17,32,36H,9,16,18H2,1-4H3. The number of hydrogen-bond acceptors (Lipinski definition) is 6. The number of aryl methyl sites for hydroxylation is 1. The van der Waals surface area contributed by atoms with Gasteiger partial charge in [-0.25, -0.2) is 4.99 Å². The van der Waals surface area contributed by atoms with Gasteiger partial charge in [0.1, 0.15) is 0 Å². The summed E-state index contributed by atoms with van der Waals surface area (Å²) >= 11 is 0. The Balaban J connectivity index is 1.81. The molecule has 4 rings (SSSR count). The first-order chi connectivity index (χ1) is 17.7. The molecule has 0 radical (unpaired) electrons. The number of rotatable bonds is 9. The van der Waals surface area contributed by atoms with E-state index in [1.165, 1.54) is 19.6 Å². The molecular weight excluding hydrogens is 466 g/mol. The lowest BCUT2D eigenvalue weighted by Crippen LogP contribution is -2.10. The van der Waals surface area contributed by atoms with Gasteiger partial charge < -0.3 is 19.7 Å². The largest absolute Gasteiger partial charge is 0.494 e. The van der Waals surface area contributed by atoms with Gasteiger partial charge in [0.15, 0.2) is 11.7 Å². The van der Waals surface area contributed by atoms with Crippen molar-refractivity contribution < 1.29 is 19.4 Å². The molecule has 0 atom stereocenters. The second-order valence-electron chi connectivity index (χ2n) is 9.30. The summed E-state index contributed by atoms with van der Waals surface area (Å²) in [6.45, 7) is 2.34. The molecule has 0 spiro atoms. The number of aromatic amines is 1. The molecule has 0 bridgehead atoms. The highest BCUT2D eigenvalue weighted by atomic mass is 16.5. The van der Waals surface area contributed by atoms with Crippen LogP contribution in [-0.2, 0) is 22.5 Å². The van der Waals surface area contributed by atoms with Crippen molar-refractivity contribution >= 4 is 34.1 Å². The molecule has 37 heavy (non-hydrogen) atoms. The third-order valence-corrected chi connectivity index (χ3v) is 6.17. The number of ketones is 1. The van der Waals surface area contributed by atoms with Crippen molar-refractivity contribution in [1.82, 2.24) is 9.88 Å². The number of nitrogens with zero attached hydrogens (tertiary/aromatic N) is 2. The number of carbonyl (C=O) groups excluding carboxylic acids is 2. The number of aromatic nitrogens is 1. The number of methoxy groups -OCH3 is 1. The molecule has 3 aromatic carbocycles. The van der Waals surface area contributed by atoms with Crippen LogP contribution < -0.4 is 0 Å². The lowest BCUT2D eigenvalue weighted by molar-refractivity contribution is -0.140. The van der Waals surface area contributed by atoms with Crippen LogP contribution in [0.4, 0.5) is 5.69 Å². The molecule has 0 amide bonds. The van der Waals surface area contributed by atoms with Gasteiger partial charge in [-0.15, -0.1) is 0 Å². The summed E-state index contributed by atoms with van der Waals surface area (Å²) in [5, 5.41) is 11.7. The van der Waals surface area contributed by atoms with Crippen LogP contribution in [-0.4, -0.2) is 53.7 Å². The normalized spacial score (nSPS) is 11.8. The average molecular weight is 498 g/mol. The number of esters is 1. The number of H-pyrrole nitrogens is 1. The lowest BCUT2D eigenvalue weighted by atomic mass is 9.97. The topological polar surface area (TPSA) is 95.0 Å². The van der Waals surface area contributed by atoms with Gasteiger partial charge in [0.05, 0.1) is 24.1 Å². The maximum atomic E-state index is 12.1. The summed E-state index contributed by atoms with van der Waals surface area (Å²) in [4.78, 5) is 33.7. The van der Waals surface area contributed by atoms with Crippen LogP contribution in [0.3, 0.4) is 0 Å². The third-order valence-electron chi connectivity index (χ3n) is 6.17. The van der Waals surface area contributed by atoms with E-state index in [9.17, 15) is 14.7 Å². The van der Waals surface area contributed by atoms with Gasteiger partial charge >= 0.3 is 5.97 Å². The first-order valence-electron chi connectivity index (χ1n) is 12.1. The van der Waals surface area contributed by atoms with Crippen LogP contribution in [0.15, 0.2) is 71.7 Å². The molecule has 190 valence electrons. The predicted octanol–water partition coefficient (Wildman–Crippen LogP) is 5.41. The third kappa shape index (κ3) is 6.13. The number of nitrogens with one attached hydrogen (secondary N) is 1. The van der Waals surface area contributed by atoms with E-state index in [2.05, 4.69) is 9.88 Å². The Kier molecular flexibility index (Phi) is 7.84. The van der Waals surface area contributed by atoms with Gasteiger partial charge in [0.2, 0.25) is 0 Å². The molecule has 0 saturated heterocycles. The van der Waals surface area contributed by atoms with E-state index in [1.54, 1.807) is 18.2 Å². The van der Waals surface area contributed by atoms with E-state index in [-0.39, 0.29) is 17.6 Å². The zero-order valence-corrected chi connectivity index (χ0v) is 21.5. The van der Waals surface area contributed by atoms with Crippen molar-refractivity contribution in [2.45, 2.75) is 26.3 Å². The summed E-state index contributed by atoms with van der Waals surface area (Å²) in [5.74, 6) is -0.332. The first-order valence-corrected chi connectivity index (χ1v) is 12.1. The lowest BCUT2D eigenvalue weighted by Gasteiger charge is -2.11. The molecule has 0 fully saturated rings. The van der Waals surface area contributed by atoms with Crippen LogP contribution in [0, 0.1) is 0 Å². The second kappa shape index (κ2) is 11.2. The summed E-state index contributed by atoms with van der Waals surface area (Å²) in [6, 6.07) is 21.0.